The van der Waals surface area contributed by atoms with Gasteiger partial charge in [-0.2, -0.15) is 0 Å². The first-order chi connectivity index (χ1) is 10.0. The highest BCUT2D eigenvalue weighted by Crippen LogP contribution is 2.17. The minimum atomic E-state index is -0.727. The second kappa shape index (κ2) is 6.49. The summed E-state index contributed by atoms with van der Waals surface area (Å²) in [6.45, 7) is 0.107. The second-order valence-corrected chi connectivity index (χ2v) is 4.61. The average molecular weight is 312 g/mol. The fraction of sp³-hybridized carbons (Fsp3) is 0.143. The molecule has 0 saturated carbocycles. The number of rotatable bonds is 4. The van der Waals surface area contributed by atoms with Gasteiger partial charge in [0.2, 0.25) is 0 Å². The molecule has 1 amide bonds. The van der Waals surface area contributed by atoms with Crippen LogP contribution in [-0.2, 0) is 6.54 Å². The smallest absolute Gasteiger partial charge is 0.254 e. The Morgan fingerprint density at radius 3 is 2.76 bits per heavy atom. The summed E-state index contributed by atoms with van der Waals surface area (Å²) in [6.07, 6.45) is 1.33. The fourth-order valence-corrected chi connectivity index (χ4v) is 1.92. The molecule has 2 N–H and O–H groups in total. The monoisotopic (exact) mass is 311 g/mol. The molecule has 2 rings (SSSR count). The molecule has 1 heterocycles. The fourth-order valence-electron chi connectivity index (χ4n) is 1.72. The third kappa shape index (κ3) is 3.46. The Morgan fingerprint density at radius 2 is 2.10 bits per heavy atom. The van der Waals surface area contributed by atoms with E-state index in [0.29, 0.717) is 5.56 Å². The highest BCUT2D eigenvalue weighted by atomic mass is 35.5. The number of hydrogen-bond donors (Lipinski definition) is 2. The van der Waals surface area contributed by atoms with E-state index >= 15 is 0 Å². The standard InChI is InChI=1S/C14H12ClF2N3O/c1-18-13-12(17)9(4-5-19-13)14(21)20-7-8-2-3-11(16)10(15)6-8/h2-6H,7H2,1H3,(H,18,19)(H,20,21). The topological polar surface area (TPSA) is 54.0 Å². The number of pyridine rings is 1. The zero-order chi connectivity index (χ0) is 15.4. The van der Waals surface area contributed by atoms with Crippen molar-refractivity contribution in [1.29, 1.82) is 0 Å². The minimum absolute atomic E-state index is 0.00697. The maximum absolute atomic E-state index is 13.9. The van der Waals surface area contributed by atoms with E-state index in [9.17, 15) is 13.6 Å². The number of benzene rings is 1. The van der Waals surface area contributed by atoms with E-state index in [0.717, 1.165) is 0 Å². The van der Waals surface area contributed by atoms with Crippen molar-refractivity contribution < 1.29 is 13.6 Å². The van der Waals surface area contributed by atoms with Gasteiger partial charge in [0.1, 0.15) is 5.82 Å². The molecule has 4 nitrogen and oxygen atoms in total. The molecular formula is C14H12ClF2N3O. The number of anilines is 1. The van der Waals surface area contributed by atoms with Crippen molar-refractivity contribution in [1.82, 2.24) is 10.3 Å². The third-order valence-electron chi connectivity index (χ3n) is 2.81. The lowest BCUT2D eigenvalue weighted by Crippen LogP contribution is -2.24. The van der Waals surface area contributed by atoms with Crippen molar-refractivity contribution in [2.24, 2.45) is 0 Å². The molecule has 0 aliphatic heterocycles. The van der Waals surface area contributed by atoms with E-state index in [4.69, 9.17) is 11.6 Å². The molecular weight excluding hydrogens is 300 g/mol. The van der Waals surface area contributed by atoms with Gasteiger partial charge in [-0.1, -0.05) is 17.7 Å². The first-order valence-corrected chi connectivity index (χ1v) is 6.45. The van der Waals surface area contributed by atoms with Crippen LogP contribution in [-0.4, -0.2) is 17.9 Å². The van der Waals surface area contributed by atoms with Crippen LogP contribution in [0, 0.1) is 11.6 Å². The summed E-state index contributed by atoms with van der Waals surface area (Å²) in [7, 11) is 1.51. The van der Waals surface area contributed by atoms with Gasteiger partial charge in [-0.15, -0.1) is 0 Å². The van der Waals surface area contributed by atoms with E-state index in [-0.39, 0.29) is 22.9 Å². The molecule has 110 valence electrons. The van der Waals surface area contributed by atoms with Gasteiger partial charge < -0.3 is 10.6 Å². The predicted octanol–water partition coefficient (Wildman–Crippen LogP) is 2.98. The summed E-state index contributed by atoms with van der Waals surface area (Å²) in [5.41, 5.74) is 0.487. The normalized spacial score (nSPS) is 10.3. The lowest BCUT2D eigenvalue weighted by atomic mass is 10.2. The maximum atomic E-state index is 13.9. The first kappa shape index (κ1) is 15.2. The van der Waals surface area contributed by atoms with Crippen molar-refractivity contribution in [2.45, 2.75) is 6.54 Å². The Morgan fingerprint density at radius 1 is 1.33 bits per heavy atom. The summed E-state index contributed by atoms with van der Waals surface area (Å²) in [4.78, 5) is 15.7. The van der Waals surface area contributed by atoms with Gasteiger partial charge in [-0.05, 0) is 23.8 Å². The Bertz CT molecular complexity index is 679. The van der Waals surface area contributed by atoms with Crippen molar-refractivity contribution in [3.8, 4) is 0 Å². The zero-order valence-corrected chi connectivity index (χ0v) is 11.8. The Balaban J connectivity index is 2.10. The lowest BCUT2D eigenvalue weighted by molar-refractivity contribution is 0.0947. The molecule has 0 bridgehead atoms. The van der Waals surface area contributed by atoms with E-state index in [1.54, 1.807) is 0 Å². The number of halogens is 3. The van der Waals surface area contributed by atoms with E-state index in [1.165, 1.54) is 37.5 Å². The maximum Gasteiger partial charge on any atom is 0.254 e. The van der Waals surface area contributed by atoms with Gasteiger partial charge in [-0.3, -0.25) is 4.79 Å². The lowest BCUT2D eigenvalue weighted by Gasteiger charge is -2.08. The van der Waals surface area contributed by atoms with Crippen LogP contribution in [0.15, 0.2) is 30.5 Å². The zero-order valence-electron chi connectivity index (χ0n) is 11.1. The molecule has 0 aliphatic rings. The molecule has 21 heavy (non-hydrogen) atoms. The van der Waals surface area contributed by atoms with Crippen LogP contribution in [0.1, 0.15) is 15.9 Å². The molecule has 0 radical (unpaired) electrons. The van der Waals surface area contributed by atoms with Crippen LogP contribution in [0.4, 0.5) is 14.6 Å². The Hall–Kier alpha value is -2.21. The molecule has 0 spiro atoms. The van der Waals surface area contributed by atoms with Crippen LogP contribution in [0.3, 0.4) is 0 Å². The first-order valence-electron chi connectivity index (χ1n) is 6.07. The van der Waals surface area contributed by atoms with Crippen LogP contribution in [0.2, 0.25) is 5.02 Å². The molecule has 0 fully saturated rings. The van der Waals surface area contributed by atoms with Gasteiger partial charge >= 0.3 is 0 Å². The molecule has 0 aliphatic carbocycles. The molecule has 7 heteroatoms. The SMILES string of the molecule is CNc1nccc(C(=O)NCc2ccc(F)c(Cl)c2)c1F. The highest BCUT2D eigenvalue weighted by molar-refractivity contribution is 6.30. The summed E-state index contributed by atoms with van der Waals surface area (Å²) in [5.74, 6) is -1.86. The molecule has 0 unspecified atom stereocenters. The van der Waals surface area contributed by atoms with E-state index in [2.05, 4.69) is 15.6 Å². The summed E-state index contributed by atoms with van der Waals surface area (Å²) in [6, 6.07) is 5.38. The number of carbonyl (C=O) groups is 1. The minimum Gasteiger partial charge on any atom is -0.371 e. The van der Waals surface area contributed by atoms with Gasteiger partial charge in [0.05, 0.1) is 10.6 Å². The number of nitrogens with one attached hydrogen (secondary N) is 2. The number of hydrogen-bond acceptors (Lipinski definition) is 3. The molecule has 0 atom stereocenters. The van der Waals surface area contributed by atoms with Gasteiger partial charge in [-0.25, -0.2) is 13.8 Å². The predicted molar refractivity (Wildman–Crippen MR) is 76.3 cm³/mol. The molecule has 1 aromatic heterocycles. The quantitative estimate of drug-likeness (QED) is 0.912. The van der Waals surface area contributed by atoms with E-state index < -0.39 is 17.5 Å². The number of aromatic nitrogens is 1. The molecule has 2 aromatic rings. The Kier molecular flexibility index (Phi) is 4.70. The largest absolute Gasteiger partial charge is 0.371 e. The average Bonchev–Trinajstić information content (AvgIpc) is 2.48. The summed E-state index contributed by atoms with van der Waals surface area (Å²) >= 11 is 5.65. The van der Waals surface area contributed by atoms with Crippen molar-refractivity contribution in [2.75, 3.05) is 12.4 Å². The summed E-state index contributed by atoms with van der Waals surface area (Å²) in [5, 5.41) is 5.06. The van der Waals surface area contributed by atoms with Crippen LogP contribution in [0.25, 0.3) is 0 Å². The van der Waals surface area contributed by atoms with Crippen LogP contribution < -0.4 is 10.6 Å². The molecule has 1 aromatic carbocycles. The van der Waals surface area contributed by atoms with Crippen molar-refractivity contribution in [3.05, 3.63) is 58.2 Å². The number of amides is 1. The van der Waals surface area contributed by atoms with Crippen molar-refractivity contribution >= 4 is 23.3 Å². The second-order valence-electron chi connectivity index (χ2n) is 4.20. The summed E-state index contributed by atoms with van der Waals surface area (Å²) < 4.78 is 26.9. The Labute approximate surface area is 125 Å². The van der Waals surface area contributed by atoms with Gasteiger partial charge in [0.15, 0.2) is 11.6 Å². The van der Waals surface area contributed by atoms with Crippen LogP contribution in [0.5, 0.6) is 0 Å². The highest BCUT2D eigenvalue weighted by Gasteiger charge is 2.15. The van der Waals surface area contributed by atoms with Crippen molar-refractivity contribution in [3.63, 3.8) is 0 Å². The van der Waals surface area contributed by atoms with E-state index in [1.807, 2.05) is 0 Å². The van der Waals surface area contributed by atoms with Gasteiger partial charge in [0.25, 0.3) is 5.91 Å². The van der Waals surface area contributed by atoms with Gasteiger partial charge in [0, 0.05) is 19.8 Å². The number of nitrogens with zero attached hydrogens (tertiary/aromatic N) is 1. The molecule has 0 saturated heterocycles. The third-order valence-corrected chi connectivity index (χ3v) is 3.10. The number of carbonyl (C=O) groups excluding carboxylic acids is 1. The van der Waals surface area contributed by atoms with Crippen LogP contribution >= 0.6 is 11.6 Å².